The van der Waals surface area contributed by atoms with Gasteiger partial charge in [0.05, 0.1) is 12.2 Å². The minimum Gasteiger partial charge on any atom is -0.394 e. The van der Waals surface area contributed by atoms with Gasteiger partial charge in [0, 0.05) is 31.0 Å². The average Bonchev–Trinajstić information content (AvgIpc) is 3.06. The molecule has 1 N–H and O–H groups in total. The van der Waals surface area contributed by atoms with E-state index in [0.29, 0.717) is 18.3 Å². The summed E-state index contributed by atoms with van der Waals surface area (Å²) in [5.41, 5.74) is 2.33. The number of allylic oxidation sites excluding steroid dienone is 3. The third-order valence-corrected chi connectivity index (χ3v) is 6.36. The van der Waals surface area contributed by atoms with Crippen molar-refractivity contribution in [3.63, 3.8) is 0 Å². The molecule has 0 radical (unpaired) electrons. The van der Waals surface area contributed by atoms with Crippen molar-refractivity contribution >= 4 is 11.6 Å². The quantitative estimate of drug-likeness (QED) is 0.670. The zero-order valence-corrected chi connectivity index (χ0v) is 18.4. The standard InChI is InChI=1S/C23H29ClFN5/c1-26-11-3-4-20(25)12-16-5-7-17(8-6-16)23-28-27-22-15-29(2)14-18-13-19(24)9-10-21(18)30(22)23/h3-4,9-11,13,16-17,26H,5-8,12,14-15H2,1-2H3/b11-3-,20-4+. The number of hydrogen-bond donors (Lipinski definition) is 1. The maximum atomic E-state index is 14.1. The minimum absolute atomic E-state index is 0.0462. The Bertz CT molecular complexity index is 943. The molecule has 1 aromatic carbocycles. The van der Waals surface area contributed by atoms with Crippen LogP contribution in [0.2, 0.25) is 5.02 Å². The van der Waals surface area contributed by atoms with Crippen LogP contribution in [0, 0.1) is 5.92 Å². The fourth-order valence-corrected chi connectivity index (χ4v) is 4.86. The van der Waals surface area contributed by atoms with E-state index >= 15 is 0 Å². The Labute approximate surface area is 182 Å². The second-order valence-corrected chi connectivity index (χ2v) is 8.87. The Balaban J connectivity index is 1.51. The highest BCUT2D eigenvalue weighted by molar-refractivity contribution is 6.30. The first-order chi connectivity index (χ1) is 14.5. The number of halogens is 2. The summed E-state index contributed by atoms with van der Waals surface area (Å²) >= 11 is 6.26. The van der Waals surface area contributed by atoms with Gasteiger partial charge in [-0.25, -0.2) is 4.39 Å². The average molecular weight is 430 g/mol. The largest absolute Gasteiger partial charge is 0.394 e. The van der Waals surface area contributed by atoms with Crippen molar-refractivity contribution in [1.29, 1.82) is 0 Å². The van der Waals surface area contributed by atoms with Crippen molar-refractivity contribution in [2.24, 2.45) is 5.92 Å². The molecule has 0 unspecified atom stereocenters. The van der Waals surface area contributed by atoms with Gasteiger partial charge in [0.1, 0.15) is 11.7 Å². The molecule has 1 aliphatic heterocycles. The summed E-state index contributed by atoms with van der Waals surface area (Å²) in [6.45, 7) is 1.59. The van der Waals surface area contributed by atoms with E-state index in [2.05, 4.69) is 38.1 Å². The first-order valence-electron chi connectivity index (χ1n) is 10.6. The van der Waals surface area contributed by atoms with Crippen LogP contribution in [0.4, 0.5) is 4.39 Å². The second-order valence-electron chi connectivity index (χ2n) is 8.44. The molecule has 1 aromatic heterocycles. The van der Waals surface area contributed by atoms with Crippen LogP contribution in [-0.2, 0) is 13.1 Å². The van der Waals surface area contributed by atoms with E-state index in [1.54, 1.807) is 25.4 Å². The highest BCUT2D eigenvalue weighted by Gasteiger charge is 2.30. The minimum atomic E-state index is -0.0462. The molecule has 2 aliphatic rings. The van der Waals surface area contributed by atoms with Gasteiger partial charge in [-0.3, -0.25) is 9.47 Å². The molecule has 5 nitrogen and oxygen atoms in total. The van der Waals surface area contributed by atoms with Gasteiger partial charge in [0.25, 0.3) is 0 Å². The second kappa shape index (κ2) is 9.31. The van der Waals surface area contributed by atoms with Crippen LogP contribution in [-0.4, -0.2) is 33.8 Å². The highest BCUT2D eigenvalue weighted by atomic mass is 35.5. The number of fused-ring (bicyclic) bond motifs is 3. The smallest absolute Gasteiger partial charge is 0.151 e. The van der Waals surface area contributed by atoms with Crippen molar-refractivity contribution in [2.75, 3.05) is 14.1 Å². The molecule has 0 saturated heterocycles. The molecule has 30 heavy (non-hydrogen) atoms. The van der Waals surface area contributed by atoms with E-state index in [9.17, 15) is 4.39 Å². The van der Waals surface area contributed by atoms with Crippen LogP contribution in [0.5, 0.6) is 0 Å². The summed E-state index contributed by atoms with van der Waals surface area (Å²) in [4.78, 5) is 2.24. The fourth-order valence-electron chi connectivity index (χ4n) is 4.66. The lowest BCUT2D eigenvalue weighted by Crippen LogP contribution is -2.18. The van der Waals surface area contributed by atoms with E-state index in [1.807, 2.05) is 12.1 Å². The van der Waals surface area contributed by atoms with E-state index < -0.39 is 0 Å². The van der Waals surface area contributed by atoms with Crippen LogP contribution in [0.1, 0.15) is 55.2 Å². The molecule has 0 bridgehead atoms. The third-order valence-electron chi connectivity index (χ3n) is 6.12. The maximum Gasteiger partial charge on any atom is 0.151 e. The predicted octanol–water partition coefficient (Wildman–Crippen LogP) is 5.12. The van der Waals surface area contributed by atoms with Crippen LogP contribution < -0.4 is 5.32 Å². The van der Waals surface area contributed by atoms with E-state index in [0.717, 1.165) is 61.1 Å². The summed E-state index contributed by atoms with van der Waals surface area (Å²) < 4.78 is 16.4. The SMILES string of the molecule is CN/C=C\C=C(\F)CC1CCC(c2nnc3n2-c2ccc(Cl)cc2CN(C)C3)CC1. The summed E-state index contributed by atoms with van der Waals surface area (Å²) in [6.07, 6.45) is 9.57. The summed E-state index contributed by atoms with van der Waals surface area (Å²) in [6, 6.07) is 6.06. The van der Waals surface area contributed by atoms with Crippen molar-refractivity contribution < 1.29 is 4.39 Å². The predicted molar refractivity (Wildman–Crippen MR) is 118 cm³/mol. The molecule has 1 fully saturated rings. The molecular formula is C23H29ClFN5. The molecule has 0 amide bonds. The first kappa shape index (κ1) is 21.1. The van der Waals surface area contributed by atoms with Crippen LogP contribution in [0.15, 0.2) is 42.4 Å². The van der Waals surface area contributed by atoms with Crippen molar-refractivity contribution in [3.05, 3.63) is 64.6 Å². The zero-order chi connectivity index (χ0) is 21.1. The van der Waals surface area contributed by atoms with Gasteiger partial charge >= 0.3 is 0 Å². The lowest BCUT2D eigenvalue weighted by molar-refractivity contribution is 0.301. The number of aromatic nitrogens is 3. The molecule has 2 aromatic rings. The molecule has 4 rings (SSSR count). The lowest BCUT2D eigenvalue weighted by Gasteiger charge is -2.28. The molecule has 0 spiro atoms. The van der Waals surface area contributed by atoms with Gasteiger partial charge in [-0.05, 0) is 80.8 Å². The van der Waals surface area contributed by atoms with Crippen LogP contribution in [0.3, 0.4) is 0 Å². The fraction of sp³-hybridized carbons (Fsp3) is 0.478. The molecule has 2 heterocycles. The maximum absolute atomic E-state index is 14.1. The molecule has 160 valence electrons. The Morgan fingerprint density at radius 3 is 2.80 bits per heavy atom. The van der Waals surface area contributed by atoms with Crippen LogP contribution >= 0.6 is 11.6 Å². The van der Waals surface area contributed by atoms with E-state index in [-0.39, 0.29) is 5.83 Å². The Morgan fingerprint density at radius 1 is 1.23 bits per heavy atom. The summed E-state index contributed by atoms with van der Waals surface area (Å²) in [7, 11) is 3.90. The molecule has 1 aliphatic carbocycles. The zero-order valence-electron chi connectivity index (χ0n) is 17.6. The van der Waals surface area contributed by atoms with Gasteiger partial charge in [0.2, 0.25) is 0 Å². The van der Waals surface area contributed by atoms with Gasteiger partial charge in [0.15, 0.2) is 5.82 Å². The van der Waals surface area contributed by atoms with Crippen molar-refractivity contribution in [1.82, 2.24) is 25.0 Å². The van der Waals surface area contributed by atoms with Gasteiger partial charge in [-0.15, -0.1) is 10.2 Å². The van der Waals surface area contributed by atoms with Crippen LogP contribution in [0.25, 0.3) is 5.69 Å². The molecular weight excluding hydrogens is 401 g/mol. The summed E-state index contributed by atoms with van der Waals surface area (Å²) in [5, 5.41) is 12.8. The number of rotatable bonds is 5. The number of benzene rings is 1. The van der Waals surface area contributed by atoms with E-state index in [4.69, 9.17) is 11.6 Å². The van der Waals surface area contributed by atoms with Gasteiger partial charge in [-0.1, -0.05) is 11.6 Å². The first-order valence-corrected chi connectivity index (χ1v) is 11.0. The normalized spacial score (nSPS) is 22.6. The molecule has 7 heteroatoms. The third kappa shape index (κ3) is 4.60. The molecule has 0 atom stereocenters. The molecule has 1 saturated carbocycles. The van der Waals surface area contributed by atoms with Gasteiger partial charge < -0.3 is 5.32 Å². The Kier molecular flexibility index (Phi) is 6.54. The topological polar surface area (TPSA) is 46.0 Å². The lowest BCUT2D eigenvalue weighted by atomic mass is 9.80. The highest BCUT2D eigenvalue weighted by Crippen LogP contribution is 2.39. The van der Waals surface area contributed by atoms with Gasteiger partial charge in [-0.2, -0.15) is 0 Å². The Morgan fingerprint density at radius 2 is 2.03 bits per heavy atom. The number of hydrogen-bond acceptors (Lipinski definition) is 4. The number of nitrogens with one attached hydrogen (secondary N) is 1. The Hall–Kier alpha value is -2.18. The van der Waals surface area contributed by atoms with Crippen molar-refractivity contribution in [2.45, 2.75) is 51.1 Å². The van der Waals surface area contributed by atoms with E-state index in [1.165, 1.54) is 5.56 Å². The monoisotopic (exact) mass is 429 g/mol. The summed E-state index contributed by atoms with van der Waals surface area (Å²) in [5.74, 6) is 2.71. The number of nitrogens with zero attached hydrogens (tertiary/aromatic N) is 4. The van der Waals surface area contributed by atoms with Crippen molar-refractivity contribution in [3.8, 4) is 5.69 Å².